The predicted octanol–water partition coefficient (Wildman–Crippen LogP) is 2.27. The molecule has 3 N–H and O–H groups in total. The van der Waals surface area contributed by atoms with Crippen LogP contribution in [0.4, 0.5) is 5.69 Å². The third-order valence-corrected chi connectivity index (χ3v) is 3.94. The molecule has 122 valence electrons. The molecule has 1 aromatic carbocycles. The van der Waals surface area contributed by atoms with Crippen molar-refractivity contribution in [2.75, 3.05) is 18.5 Å². The Kier molecular flexibility index (Phi) is 4.71. The van der Waals surface area contributed by atoms with Gasteiger partial charge in [-0.1, -0.05) is 0 Å². The van der Waals surface area contributed by atoms with E-state index in [1.165, 1.54) is 0 Å². The van der Waals surface area contributed by atoms with Crippen LogP contribution < -0.4 is 20.5 Å². The van der Waals surface area contributed by atoms with Crippen LogP contribution in [0.25, 0.3) is 0 Å². The van der Waals surface area contributed by atoms with Crippen LogP contribution in [0, 0.1) is 0 Å². The summed E-state index contributed by atoms with van der Waals surface area (Å²) in [5.74, 6) is 1.78. The Morgan fingerprint density at radius 2 is 2.17 bits per heavy atom. The maximum absolute atomic E-state index is 5.93. The zero-order valence-corrected chi connectivity index (χ0v) is 14.3. The van der Waals surface area contributed by atoms with Crippen LogP contribution in [-0.2, 0) is 13.6 Å². The zero-order chi connectivity index (χ0) is 16.2. The minimum atomic E-state index is 0.317. The van der Waals surface area contributed by atoms with Gasteiger partial charge in [0.05, 0.1) is 29.9 Å². The number of aliphatic imine (C=N–C) groups is 1. The SMILES string of the molecule is Cn1cc(Br)c(CN=C(N)Nc2ccc3c(c2)OCCCO3)n1. The van der Waals surface area contributed by atoms with Gasteiger partial charge in [0.15, 0.2) is 17.5 Å². The number of aromatic nitrogens is 2. The highest BCUT2D eigenvalue weighted by molar-refractivity contribution is 9.10. The quantitative estimate of drug-likeness (QED) is 0.630. The Morgan fingerprint density at radius 1 is 1.39 bits per heavy atom. The number of hydrogen-bond acceptors (Lipinski definition) is 4. The number of anilines is 1. The Bertz CT molecular complexity index is 729. The van der Waals surface area contributed by atoms with Crippen molar-refractivity contribution in [3.63, 3.8) is 0 Å². The first-order valence-electron chi connectivity index (χ1n) is 7.26. The van der Waals surface area contributed by atoms with E-state index in [-0.39, 0.29) is 0 Å². The number of nitrogens with one attached hydrogen (secondary N) is 1. The Hall–Kier alpha value is -2.22. The van der Waals surface area contributed by atoms with Crippen molar-refractivity contribution in [3.05, 3.63) is 34.6 Å². The molecule has 7 nitrogen and oxygen atoms in total. The average molecular weight is 380 g/mol. The molecule has 0 unspecified atom stereocenters. The fourth-order valence-corrected chi connectivity index (χ4v) is 2.70. The Morgan fingerprint density at radius 3 is 2.91 bits per heavy atom. The lowest BCUT2D eigenvalue weighted by Crippen LogP contribution is -2.22. The van der Waals surface area contributed by atoms with E-state index in [4.69, 9.17) is 15.2 Å². The van der Waals surface area contributed by atoms with Crippen LogP contribution in [0.15, 0.2) is 33.9 Å². The summed E-state index contributed by atoms with van der Waals surface area (Å²) in [5.41, 5.74) is 7.57. The molecule has 1 aromatic heterocycles. The molecular weight excluding hydrogens is 362 g/mol. The molecule has 0 aliphatic carbocycles. The van der Waals surface area contributed by atoms with Crippen molar-refractivity contribution in [2.24, 2.45) is 17.8 Å². The zero-order valence-electron chi connectivity index (χ0n) is 12.8. The van der Waals surface area contributed by atoms with E-state index in [2.05, 4.69) is 31.3 Å². The number of ether oxygens (including phenoxy) is 2. The van der Waals surface area contributed by atoms with Crippen molar-refractivity contribution in [2.45, 2.75) is 13.0 Å². The molecule has 3 rings (SSSR count). The number of rotatable bonds is 3. The van der Waals surface area contributed by atoms with Crippen LogP contribution in [0.5, 0.6) is 11.5 Å². The second-order valence-electron chi connectivity index (χ2n) is 5.14. The van der Waals surface area contributed by atoms with E-state index in [1.807, 2.05) is 31.4 Å². The highest BCUT2D eigenvalue weighted by Crippen LogP contribution is 2.32. The first kappa shape index (κ1) is 15.7. The van der Waals surface area contributed by atoms with Crippen LogP contribution in [-0.4, -0.2) is 29.0 Å². The molecule has 0 atom stereocenters. The fourth-order valence-electron chi connectivity index (χ4n) is 2.20. The van der Waals surface area contributed by atoms with Crippen molar-refractivity contribution in [3.8, 4) is 11.5 Å². The van der Waals surface area contributed by atoms with Gasteiger partial charge >= 0.3 is 0 Å². The maximum atomic E-state index is 5.93. The van der Waals surface area contributed by atoms with E-state index < -0.39 is 0 Å². The van der Waals surface area contributed by atoms with Gasteiger partial charge < -0.3 is 20.5 Å². The van der Waals surface area contributed by atoms with Gasteiger partial charge in [0.25, 0.3) is 0 Å². The van der Waals surface area contributed by atoms with Gasteiger partial charge in [-0.05, 0) is 28.1 Å². The van der Waals surface area contributed by atoms with Gasteiger partial charge in [-0.3, -0.25) is 4.68 Å². The summed E-state index contributed by atoms with van der Waals surface area (Å²) >= 11 is 3.44. The van der Waals surface area contributed by atoms with Crippen molar-refractivity contribution >= 4 is 27.6 Å². The van der Waals surface area contributed by atoms with Crippen LogP contribution in [0.3, 0.4) is 0 Å². The molecule has 8 heteroatoms. The smallest absolute Gasteiger partial charge is 0.193 e. The number of hydrogen-bond donors (Lipinski definition) is 2. The lowest BCUT2D eigenvalue weighted by atomic mass is 10.3. The van der Waals surface area contributed by atoms with Gasteiger partial charge in [0, 0.05) is 31.4 Å². The third kappa shape index (κ3) is 3.95. The molecule has 2 heterocycles. The summed E-state index contributed by atoms with van der Waals surface area (Å²) in [7, 11) is 1.86. The molecule has 0 saturated carbocycles. The van der Waals surface area contributed by atoms with Gasteiger partial charge in [-0.25, -0.2) is 4.99 Å². The summed E-state index contributed by atoms with van der Waals surface area (Å²) < 4.78 is 13.9. The second-order valence-corrected chi connectivity index (χ2v) is 5.99. The molecule has 23 heavy (non-hydrogen) atoms. The topological polar surface area (TPSA) is 86.7 Å². The van der Waals surface area contributed by atoms with Crippen LogP contribution >= 0.6 is 15.9 Å². The van der Waals surface area contributed by atoms with Gasteiger partial charge in [-0.15, -0.1) is 0 Å². The molecule has 0 saturated heterocycles. The summed E-state index contributed by atoms with van der Waals surface area (Å²) in [4.78, 5) is 4.30. The highest BCUT2D eigenvalue weighted by atomic mass is 79.9. The standard InChI is InChI=1S/C15H18BrN5O2/c1-21-9-11(16)12(20-21)8-18-15(17)19-10-3-4-13-14(7-10)23-6-2-5-22-13/h3-4,7,9H,2,5-6,8H2,1H3,(H3,17,18,19). The van der Waals surface area contributed by atoms with Crippen molar-refractivity contribution in [1.29, 1.82) is 0 Å². The third-order valence-electron chi connectivity index (χ3n) is 3.27. The normalized spacial score (nSPS) is 14.4. The van der Waals surface area contributed by atoms with Crippen LogP contribution in [0.1, 0.15) is 12.1 Å². The largest absolute Gasteiger partial charge is 0.490 e. The number of benzene rings is 1. The van der Waals surface area contributed by atoms with Crippen LogP contribution in [0.2, 0.25) is 0 Å². The average Bonchev–Trinajstić information content (AvgIpc) is 2.72. The van der Waals surface area contributed by atoms with Crippen molar-refractivity contribution in [1.82, 2.24) is 9.78 Å². The molecule has 0 bridgehead atoms. The first-order chi connectivity index (χ1) is 11.1. The lowest BCUT2D eigenvalue weighted by molar-refractivity contribution is 0.297. The molecule has 0 amide bonds. The minimum Gasteiger partial charge on any atom is -0.490 e. The molecular formula is C15H18BrN5O2. The fraction of sp³-hybridized carbons (Fsp3) is 0.333. The summed E-state index contributed by atoms with van der Waals surface area (Å²) in [6, 6.07) is 5.61. The second kappa shape index (κ2) is 6.91. The molecule has 1 aliphatic rings. The molecule has 1 aliphatic heterocycles. The highest BCUT2D eigenvalue weighted by Gasteiger charge is 2.11. The van der Waals surface area contributed by atoms with E-state index in [0.29, 0.717) is 31.5 Å². The Labute approximate surface area is 142 Å². The summed E-state index contributed by atoms with van der Waals surface area (Å²) in [6.45, 7) is 1.71. The summed E-state index contributed by atoms with van der Waals surface area (Å²) in [6.07, 6.45) is 2.75. The molecule has 0 radical (unpaired) electrons. The van der Waals surface area contributed by atoms with E-state index in [0.717, 1.165) is 28.0 Å². The summed E-state index contributed by atoms with van der Waals surface area (Å²) in [5, 5.41) is 7.35. The van der Waals surface area contributed by atoms with Gasteiger partial charge in [0.2, 0.25) is 0 Å². The number of halogens is 1. The van der Waals surface area contributed by atoms with Crippen molar-refractivity contribution < 1.29 is 9.47 Å². The number of nitrogens with two attached hydrogens (primary N) is 1. The minimum absolute atomic E-state index is 0.317. The van der Waals surface area contributed by atoms with Gasteiger partial charge in [0.1, 0.15) is 0 Å². The lowest BCUT2D eigenvalue weighted by Gasteiger charge is -2.10. The first-order valence-corrected chi connectivity index (χ1v) is 8.06. The predicted molar refractivity (Wildman–Crippen MR) is 91.9 cm³/mol. The molecule has 0 fully saturated rings. The van der Waals surface area contributed by atoms with Gasteiger partial charge in [-0.2, -0.15) is 5.10 Å². The molecule has 0 spiro atoms. The van der Waals surface area contributed by atoms with E-state index in [1.54, 1.807) is 4.68 Å². The number of guanidine groups is 1. The number of nitrogens with zero attached hydrogens (tertiary/aromatic N) is 3. The molecule has 2 aromatic rings. The van der Waals surface area contributed by atoms with E-state index >= 15 is 0 Å². The number of aryl methyl sites for hydroxylation is 1. The Balaban J connectivity index is 1.67. The number of fused-ring (bicyclic) bond motifs is 1. The maximum Gasteiger partial charge on any atom is 0.193 e. The van der Waals surface area contributed by atoms with E-state index in [9.17, 15) is 0 Å². The monoisotopic (exact) mass is 379 g/mol.